The molecule has 0 aliphatic rings. The predicted octanol–water partition coefficient (Wildman–Crippen LogP) is 4.16. The number of benzene rings is 2. The highest BCUT2D eigenvalue weighted by Gasteiger charge is 2.10. The average molecular weight is 348 g/mol. The van der Waals surface area contributed by atoms with Crippen LogP contribution in [0.15, 0.2) is 54.2 Å². The normalized spacial score (nSPS) is 10.7. The number of phenolic OH excluding ortho intramolecular Hbond substituents is 1. The molecule has 7 heteroatoms. The lowest BCUT2D eigenvalue weighted by Gasteiger charge is -2.07. The SMILES string of the molecule is N#C/C(=C/Nc1cc(Cl)ccc1O)C(=O)Nc1ccc(Cl)cc1. The van der Waals surface area contributed by atoms with Crippen LogP contribution in [0.2, 0.25) is 10.0 Å². The van der Waals surface area contributed by atoms with Gasteiger partial charge in [0.25, 0.3) is 5.91 Å². The first-order chi connectivity index (χ1) is 11.0. The Balaban J connectivity index is 2.12. The number of amides is 1. The Morgan fingerprint density at radius 1 is 1.13 bits per heavy atom. The fourth-order valence-corrected chi connectivity index (χ4v) is 1.95. The van der Waals surface area contributed by atoms with E-state index in [0.29, 0.717) is 15.7 Å². The van der Waals surface area contributed by atoms with Gasteiger partial charge in [0.1, 0.15) is 17.4 Å². The van der Waals surface area contributed by atoms with Crippen LogP contribution in [-0.2, 0) is 4.79 Å². The molecule has 0 aliphatic heterocycles. The molecular weight excluding hydrogens is 337 g/mol. The van der Waals surface area contributed by atoms with Gasteiger partial charge in [-0.15, -0.1) is 0 Å². The molecule has 0 bridgehead atoms. The Kier molecular flexibility index (Phi) is 5.47. The van der Waals surface area contributed by atoms with E-state index in [4.69, 9.17) is 28.5 Å². The zero-order valence-electron chi connectivity index (χ0n) is 11.7. The van der Waals surface area contributed by atoms with Crippen LogP contribution in [0, 0.1) is 11.3 Å². The van der Waals surface area contributed by atoms with Gasteiger partial charge < -0.3 is 15.7 Å². The molecule has 0 aromatic heterocycles. The lowest BCUT2D eigenvalue weighted by Crippen LogP contribution is -2.14. The van der Waals surface area contributed by atoms with Crippen molar-refractivity contribution >= 4 is 40.5 Å². The van der Waals surface area contributed by atoms with Crippen LogP contribution in [0.3, 0.4) is 0 Å². The van der Waals surface area contributed by atoms with E-state index < -0.39 is 5.91 Å². The molecule has 0 saturated carbocycles. The Hall–Kier alpha value is -2.68. The highest BCUT2D eigenvalue weighted by Crippen LogP contribution is 2.26. The number of carbonyl (C=O) groups is 1. The highest BCUT2D eigenvalue weighted by molar-refractivity contribution is 6.31. The van der Waals surface area contributed by atoms with Crippen molar-refractivity contribution in [2.24, 2.45) is 0 Å². The van der Waals surface area contributed by atoms with Crippen molar-refractivity contribution in [2.75, 3.05) is 10.6 Å². The molecule has 2 rings (SSSR count). The van der Waals surface area contributed by atoms with E-state index in [0.717, 1.165) is 0 Å². The number of carbonyl (C=O) groups excluding carboxylic acids is 1. The number of rotatable bonds is 4. The van der Waals surface area contributed by atoms with Crippen molar-refractivity contribution in [2.45, 2.75) is 0 Å². The summed E-state index contributed by atoms with van der Waals surface area (Å²) in [4.78, 5) is 12.0. The van der Waals surface area contributed by atoms with E-state index in [1.165, 1.54) is 24.4 Å². The molecule has 3 N–H and O–H groups in total. The molecule has 0 heterocycles. The molecule has 23 heavy (non-hydrogen) atoms. The first kappa shape index (κ1) is 16.7. The van der Waals surface area contributed by atoms with Crippen LogP contribution in [0.5, 0.6) is 5.75 Å². The third-order valence-electron chi connectivity index (χ3n) is 2.80. The van der Waals surface area contributed by atoms with Gasteiger partial charge in [0.2, 0.25) is 0 Å². The summed E-state index contributed by atoms with van der Waals surface area (Å²) in [6.45, 7) is 0. The summed E-state index contributed by atoms with van der Waals surface area (Å²) in [5, 5.41) is 25.0. The van der Waals surface area contributed by atoms with E-state index in [1.807, 2.05) is 0 Å². The standard InChI is InChI=1S/C16H11Cl2N3O2/c17-11-1-4-13(5-2-11)21-16(23)10(8-19)9-20-14-7-12(18)3-6-15(14)22/h1-7,9,20,22H,(H,21,23)/b10-9-. The van der Waals surface area contributed by atoms with Gasteiger partial charge in [-0.1, -0.05) is 23.2 Å². The number of hydrogen-bond acceptors (Lipinski definition) is 4. The zero-order chi connectivity index (χ0) is 16.8. The smallest absolute Gasteiger partial charge is 0.267 e. The molecule has 5 nitrogen and oxygen atoms in total. The lowest BCUT2D eigenvalue weighted by atomic mass is 10.2. The van der Waals surface area contributed by atoms with Crippen molar-refractivity contribution in [3.8, 4) is 11.8 Å². The number of nitrogens with zero attached hydrogens (tertiary/aromatic N) is 1. The third-order valence-corrected chi connectivity index (χ3v) is 3.28. The monoisotopic (exact) mass is 347 g/mol. The zero-order valence-corrected chi connectivity index (χ0v) is 13.2. The summed E-state index contributed by atoms with van der Waals surface area (Å²) in [5.74, 6) is -0.648. The summed E-state index contributed by atoms with van der Waals surface area (Å²) in [6, 6.07) is 12.6. The van der Waals surface area contributed by atoms with Crippen LogP contribution in [-0.4, -0.2) is 11.0 Å². The average Bonchev–Trinajstić information content (AvgIpc) is 2.53. The van der Waals surface area contributed by atoms with E-state index in [9.17, 15) is 9.90 Å². The largest absolute Gasteiger partial charge is 0.506 e. The van der Waals surface area contributed by atoms with Crippen molar-refractivity contribution in [3.63, 3.8) is 0 Å². The van der Waals surface area contributed by atoms with Crippen LogP contribution in [0.25, 0.3) is 0 Å². The molecule has 0 atom stereocenters. The number of hydrogen-bond donors (Lipinski definition) is 3. The summed E-state index contributed by atoms with van der Waals surface area (Å²) >= 11 is 11.6. The molecule has 0 fully saturated rings. The summed E-state index contributed by atoms with van der Waals surface area (Å²) in [5.41, 5.74) is 0.620. The number of nitriles is 1. The molecular formula is C16H11Cl2N3O2. The maximum Gasteiger partial charge on any atom is 0.267 e. The minimum atomic E-state index is -0.594. The molecule has 0 spiro atoms. The number of phenols is 1. The summed E-state index contributed by atoms with van der Waals surface area (Å²) in [7, 11) is 0. The molecule has 0 unspecified atom stereocenters. The molecule has 0 radical (unpaired) electrons. The fourth-order valence-electron chi connectivity index (χ4n) is 1.65. The van der Waals surface area contributed by atoms with Gasteiger partial charge in [-0.05, 0) is 42.5 Å². The second-order valence-corrected chi connectivity index (χ2v) is 5.31. The predicted molar refractivity (Wildman–Crippen MR) is 90.5 cm³/mol. The van der Waals surface area contributed by atoms with Crippen LogP contribution < -0.4 is 10.6 Å². The van der Waals surface area contributed by atoms with Gasteiger partial charge in [0.15, 0.2) is 0 Å². The summed E-state index contributed by atoms with van der Waals surface area (Å²) < 4.78 is 0. The Morgan fingerprint density at radius 3 is 2.43 bits per heavy atom. The first-order valence-electron chi connectivity index (χ1n) is 6.42. The number of anilines is 2. The van der Waals surface area contributed by atoms with Crippen molar-refractivity contribution in [1.82, 2.24) is 0 Å². The van der Waals surface area contributed by atoms with Gasteiger partial charge >= 0.3 is 0 Å². The highest BCUT2D eigenvalue weighted by atomic mass is 35.5. The lowest BCUT2D eigenvalue weighted by molar-refractivity contribution is -0.112. The Bertz CT molecular complexity index is 796. The first-order valence-corrected chi connectivity index (χ1v) is 7.17. The van der Waals surface area contributed by atoms with Gasteiger partial charge in [-0.25, -0.2) is 0 Å². The molecule has 2 aromatic rings. The number of aromatic hydroxyl groups is 1. The maximum atomic E-state index is 12.0. The van der Waals surface area contributed by atoms with Crippen LogP contribution >= 0.6 is 23.2 Å². The second kappa shape index (κ2) is 7.54. The minimum absolute atomic E-state index is 0.0546. The minimum Gasteiger partial charge on any atom is -0.506 e. The van der Waals surface area contributed by atoms with Gasteiger partial charge in [-0.3, -0.25) is 4.79 Å². The van der Waals surface area contributed by atoms with E-state index >= 15 is 0 Å². The molecule has 1 amide bonds. The maximum absolute atomic E-state index is 12.0. The number of nitrogens with one attached hydrogen (secondary N) is 2. The fraction of sp³-hybridized carbons (Fsp3) is 0. The van der Waals surface area contributed by atoms with Crippen LogP contribution in [0.1, 0.15) is 0 Å². The molecule has 2 aromatic carbocycles. The van der Waals surface area contributed by atoms with E-state index in [2.05, 4.69) is 10.6 Å². The summed E-state index contributed by atoms with van der Waals surface area (Å²) in [6.07, 6.45) is 1.19. The van der Waals surface area contributed by atoms with E-state index in [1.54, 1.807) is 30.3 Å². The van der Waals surface area contributed by atoms with Crippen molar-refractivity contribution < 1.29 is 9.90 Å². The third kappa shape index (κ3) is 4.65. The van der Waals surface area contributed by atoms with Crippen molar-refractivity contribution in [1.29, 1.82) is 5.26 Å². The van der Waals surface area contributed by atoms with E-state index in [-0.39, 0.29) is 17.0 Å². The Morgan fingerprint density at radius 2 is 1.78 bits per heavy atom. The number of halogens is 2. The van der Waals surface area contributed by atoms with Gasteiger partial charge in [0.05, 0.1) is 5.69 Å². The molecule has 0 saturated heterocycles. The molecule has 116 valence electrons. The van der Waals surface area contributed by atoms with Crippen molar-refractivity contribution in [3.05, 3.63) is 64.3 Å². The quantitative estimate of drug-likeness (QED) is 0.440. The second-order valence-electron chi connectivity index (χ2n) is 4.44. The van der Waals surface area contributed by atoms with Crippen LogP contribution in [0.4, 0.5) is 11.4 Å². The molecule has 0 aliphatic carbocycles. The Labute approximate surface area is 142 Å². The van der Waals surface area contributed by atoms with Gasteiger partial charge in [-0.2, -0.15) is 5.26 Å². The van der Waals surface area contributed by atoms with Gasteiger partial charge in [0, 0.05) is 21.9 Å². The topological polar surface area (TPSA) is 85.2 Å².